The molecule has 0 aromatic heterocycles. The first-order valence-corrected chi connectivity index (χ1v) is 7.21. The van der Waals surface area contributed by atoms with Crippen molar-refractivity contribution in [2.75, 3.05) is 25.1 Å². The van der Waals surface area contributed by atoms with Gasteiger partial charge in [-0.3, -0.25) is 0 Å². The van der Waals surface area contributed by atoms with Crippen molar-refractivity contribution >= 4 is 5.69 Å². The molecular weight excluding hydrogens is 238 g/mol. The lowest BCUT2D eigenvalue weighted by Gasteiger charge is -2.52. The smallest absolute Gasteiger partial charge is 0.0854 e. The van der Waals surface area contributed by atoms with Gasteiger partial charge in [-0.2, -0.15) is 0 Å². The lowest BCUT2D eigenvalue weighted by atomic mass is 9.66. The zero-order valence-corrected chi connectivity index (χ0v) is 11.6. The molecule has 0 unspecified atom stereocenters. The average Bonchev–Trinajstić information content (AvgIpc) is 2.47. The van der Waals surface area contributed by atoms with Gasteiger partial charge in [-0.1, -0.05) is 12.1 Å². The van der Waals surface area contributed by atoms with Gasteiger partial charge in [-0.05, 0) is 50.3 Å². The van der Waals surface area contributed by atoms with E-state index >= 15 is 0 Å². The normalized spacial score (nSPS) is 33.4. The molecule has 2 heterocycles. The van der Waals surface area contributed by atoms with Gasteiger partial charge in [-0.25, -0.2) is 0 Å². The maximum Gasteiger partial charge on any atom is 0.0854 e. The van der Waals surface area contributed by atoms with Crippen LogP contribution in [-0.4, -0.2) is 30.5 Å². The number of hydrogen-bond acceptors (Lipinski definition) is 3. The fourth-order valence-corrected chi connectivity index (χ4v) is 3.28. The average molecular weight is 261 g/mol. The fourth-order valence-electron chi connectivity index (χ4n) is 3.28. The number of benzene rings is 1. The van der Waals surface area contributed by atoms with Crippen LogP contribution in [0.15, 0.2) is 24.3 Å². The molecule has 2 bridgehead atoms. The molecule has 1 aromatic rings. The largest absolute Gasteiger partial charge is 0.396 e. The van der Waals surface area contributed by atoms with Gasteiger partial charge >= 0.3 is 0 Å². The minimum Gasteiger partial charge on any atom is -0.396 e. The summed E-state index contributed by atoms with van der Waals surface area (Å²) in [4.78, 5) is 0. The molecule has 1 saturated carbocycles. The zero-order chi connectivity index (χ0) is 13.3. The van der Waals surface area contributed by atoms with E-state index in [0.29, 0.717) is 0 Å². The van der Waals surface area contributed by atoms with Gasteiger partial charge in [0.15, 0.2) is 0 Å². The van der Waals surface area contributed by atoms with Crippen LogP contribution in [-0.2, 0) is 4.74 Å². The van der Waals surface area contributed by atoms with Crippen LogP contribution in [0.25, 0.3) is 0 Å². The summed E-state index contributed by atoms with van der Waals surface area (Å²) in [5.74, 6) is 0. The molecule has 1 aromatic carbocycles. The van der Waals surface area contributed by atoms with E-state index in [4.69, 9.17) is 4.74 Å². The van der Waals surface area contributed by atoms with Gasteiger partial charge in [0.2, 0.25) is 0 Å². The first kappa shape index (κ1) is 12.9. The van der Waals surface area contributed by atoms with E-state index in [-0.39, 0.29) is 17.6 Å². The van der Waals surface area contributed by atoms with E-state index < -0.39 is 0 Å². The molecule has 3 heteroatoms. The lowest BCUT2D eigenvalue weighted by Crippen LogP contribution is -2.55. The Morgan fingerprint density at radius 2 is 2.05 bits per heavy atom. The number of anilines is 1. The Bertz CT molecular complexity index is 433. The molecule has 2 aliphatic heterocycles. The second kappa shape index (κ2) is 4.80. The summed E-state index contributed by atoms with van der Waals surface area (Å²) in [5, 5.41) is 13.0. The molecule has 0 atom stereocenters. The lowest BCUT2D eigenvalue weighted by molar-refractivity contribution is -0.186. The summed E-state index contributed by atoms with van der Waals surface area (Å²) < 4.78 is 6.09. The molecular formula is C16H23NO2. The Hall–Kier alpha value is -1.06. The van der Waals surface area contributed by atoms with Crippen LogP contribution in [0.2, 0.25) is 0 Å². The van der Waals surface area contributed by atoms with Crippen molar-refractivity contribution in [1.82, 2.24) is 0 Å². The molecule has 3 nitrogen and oxygen atoms in total. The third kappa shape index (κ3) is 2.49. The van der Waals surface area contributed by atoms with E-state index in [9.17, 15) is 5.11 Å². The molecule has 4 rings (SSSR count). The van der Waals surface area contributed by atoms with Crippen LogP contribution >= 0.6 is 0 Å². The summed E-state index contributed by atoms with van der Waals surface area (Å²) in [6.45, 7) is 3.97. The Morgan fingerprint density at radius 3 is 2.63 bits per heavy atom. The van der Waals surface area contributed by atoms with Crippen LogP contribution < -0.4 is 5.32 Å². The molecule has 2 N–H and O–H groups in total. The Morgan fingerprint density at radius 1 is 1.26 bits per heavy atom. The number of aliphatic hydroxyl groups excluding tert-OH is 1. The van der Waals surface area contributed by atoms with Gasteiger partial charge in [0.1, 0.15) is 0 Å². The van der Waals surface area contributed by atoms with Crippen molar-refractivity contribution in [3.8, 4) is 0 Å². The highest BCUT2D eigenvalue weighted by atomic mass is 16.5. The van der Waals surface area contributed by atoms with Crippen molar-refractivity contribution in [2.24, 2.45) is 5.41 Å². The number of rotatable bonds is 4. The van der Waals surface area contributed by atoms with Crippen molar-refractivity contribution < 1.29 is 9.84 Å². The Labute approximate surface area is 115 Å². The fraction of sp³-hybridized carbons (Fsp3) is 0.625. The quantitative estimate of drug-likeness (QED) is 0.875. The van der Waals surface area contributed by atoms with E-state index in [1.54, 1.807) is 0 Å². The first-order chi connectivity index (χ1) is 9.15. The van der Waals surface area contributed by atoms with Crippen LogP contribution in [0.5, 0.6) is 0 Å². The molecule has 3 aliphatic rings. The minimum absolute atomic E-state index is 0.0132. The van der Waals surface area contributed by atoms with Gasteiger partial charge in [0.25, 0.3) is 0 Å². The molecule has 0 amide bonds. The summed E-state index contributed by atoms with van der Waals surface area (Å²) in [7, 11) is 0. The Kier molecular flexibility index (Phi) is 3.27. The van der Waals surface area contributed by atoms with Crippen LogP contribution in [0.4, 0.5) is 5.69 Å². The monoisotopic (exact) mass is 261 g/mol. The van der Waals surface area contributed by atoms with Gasteiger partial charge in [0, 0.05) is 17.6 Å². The molecule has 1 aliphatic carbocycles. The van der Waals surface area contributed by atoms with Crippen molar-refractivity contribution in [3.63, 3.8) is 0 Å². The third-order valence-electron chi connectivity index (χ3n) is 4.87. The van der Waals surface area contributed by atoms with Crippen LogP contribution in [0, 0.1) is 12.3 Å². The summed E-state index contributed by atoms with van der Waals surface area (Å²) in [6.07, 6.45) is 4.32. The summed E-state index contributed by atoms with van der Waals surface area (Å²) in [6, 6.07) is 8.46. The maximum absolute atomic E-state index is 9.49. The zero-order valence-electron chi connectivity index (χ0n) is 11.6. The van der Waals surface area contributed by atoms with E-state index in [1.807, 2.05) is 0 Å². The second-order valence-corrected chi connectivity index (χ2v) is 6.35. The van der Waals surface area contributed by atoms with Gasteiger partial charge < -0.3 is 15.2 Å². The minimum atomic E-state index is -0.0132. The number of hydrogen-bond donors (Lipinski definition) is 2. The molecule has 19 heavy (non-hydrogen) atoms. The SMILES string of the molecule is Cc1cccc(NCC23CCC(CO)(CC2)CO3)c1. The number of aliphatic hydroxyl groups is 1. The summed E-state index contributed by atoms with van der Waals surface area (Å²) in [5.41, 5.74) is 2.49. The van der Waals surface area contributed by atoms with E-state index in [0.717, 1.165) is 38.8 Å². The first-order valence-electron chi connectivity index (χ1n) is 7.21. The second-order valence-electron chi connectivity index (χ2n) is 6.35. The predicted molar refractivity (Wildman–Crippen MR) is 76.3 cm³/mol. The molecule has 104 valence electrons. The van der Waals surface area contributed by atoms with E-state index in [2.05, 4.69) is 36.5 Å². The highest BCUT2D eigenvalue weighted by Gasteiger charge is 2.49. The third-order valence-corrected chi connectivity index (χ3v) is 4.87. The van der Waals surface area contributed by atoms with Gasteiger partial charge in [0.05, 0.1) is 18.8 Å². The molecule has 0 radical (unpaired) electrons. The number of aryl methyl sites for hydroxylation is 1. The molecule has 0 spiro atoms. The van der Waals surface area contributed by atoms with Crippen LogP contribution in [0.1, 0.15) is 31.2 Å². The van der Waals surface area contributed by atoms with Crippen molar-refractivity contribution in [1.29, 1.82) is 0 Å². The predicted octanol–water partition coefficient (Wildman–Crippen LogP) is 2.73. The number of ether oxygens (including phenoxy) is 1. The highest BCUT2D eigenvalue weighted by Crippen LogP contribution is 2.48. The van der Waals surface area contributed by atoms with E-state index in [1.165, 1.54) is 11.3 Å². The standard InChI is InChI=1S/C16H23NO2/c1-13-3-2-4-14(9-13)17-10-16-7-5-15(11-18,6-8-16)12-19-16/h2-4,9,17-18H,5-8,10-12H2,1H3. The molecule has 2 saturated heterocycles. The maximum atomic E-state index is 9.49. The summed E-state index contributed by atoms with van der Waals surface area (Å²) >= 11 is 0. The van der Waals surface area contributed by atoms with Crippen molar-refractivity contribution in [3.05, 3.63) is 29.8 Å². The highest BCUT2D eigenvalue weighted by molar-refractivity contribution is 5.45. The van der Waals surface area contributed by atoms with Gasteiger partial charge in [-0.15, -0.1) is 0 Å². The van der Waals surface area contributed by atoms with Crippen molar-refractivity contribution in [2.45, 2.75) is 38.2 Å². The number of fused-ring (bicyclic) bond motifs is 3. The Balaban J connectivity index is 1.62. The van der Waals surface area contributed by atoms with Crippen LogP contribution in [0.3, 0.4) is 0 Å². The molecule has 3 fully saturated rings. The topological polar surface area (TPSA) is 41.5 Å². The number of nitrogens with one attached hydrogen (secondary N) is 1.